The number of halogens is 1. The fraction of sp³-hybridized carbons (Fsp3) is 0.278. The third-order valence-corrected chi connectivity index (χ3v) is 4.27. The van der Waals surface area contributed by atoms with Crippen LogP contribution in [0, 0.1) is 0 Å². The standard InChI is InChI=1S/C17H18ClN3O2.CH4/c18-14-5-3-12(4-6-14)11-20-9-1-2-13-10-15(7-8-16(13)20)21(23)17(19)22;/h3-8,10,23H,1-2,9,11H2,(H2,19,22);1H4. The molecule has 0 fully saturated rings. The Labute approximate surface area is 147 Å². The molecule has 1 aliphatic rings. The summed E-state index contributed by atoms with van der Waals surface area (Å²) in [5.41, 5.74) is 8.90. The van der Waals surface area contributed by atoms with Gasteiger partial charge in [-0.25, -0.2) is 4.79 Å². The van der Waals surface area contributed by atoms with Crippen molar-refractivity contribution in [2.24, 2.45) is 5.73 Å². The highest BCUT2D eigenvalue weighted by Gasteiger charge is 2.19. The molecule has 1 aliphatic heterocycles. The maximum absolute atomic E-state index is 11.1. The van der Waals surface area contributed by atoms with Crippen molar-refractivity contribution in [3.8, 4) is 0 Å². The third kappa shape index (κ3) is 3.80. The van der Waals surface area contributed by atoms with Crippen LogP contribution in [-0.2, 0) is 13.0 Å². The Morgan fingerprint density at radius 1 is 1.25 bits per heavy atom. The van der Waals surface area contributed by atoms with Crippen LogP contribution in [0.2, 0.25) is 5.02 Å². The van der Waals surface area contributed by atoms with E-state index in [2.05, 4.69) is 4.90 Å². The molecule has 6 heteroatoms. The number of hydrogen-bond donors (Lipinski definition) is 2. The number of carbonyl (C=O) groups excluding carboxylic acids is 1. The number of benzene rings is 2. The van der Waals surface area contributed by atoms with Gasteiger partial charge in [0.05, 0.1) is 5.69 Å². The molecule has 2 aromatic rings. The van der Waals surface area contributed by atoms with Crippen molar-refractivity contribution in [1.82, 2.24) is 0 Å². The fourth-order valence-electron chi connectivity index (χ4n) is 2.89. The summed E-state index contributed by atoms with van der Waals surface area (Å²) in [5.74, 6) is 0. The molecule has 0 saturated carbocycles. The molecule has 0 saturated heterocycles. The summed E-state index contributed by atoms with van der Waals surface area (Å²) in [6.07, 6.45) is 1.93. The summed E-state index contributed by atoms with van der Waals surface area (Å²) in [7, 11) is 0. The van der Waals surface area contributed by atoms with Gasteiger partial charge in [0.15, 0.2) is 0 Å². The number of urea groups is 1. The van der Waals surface area contributed by atoms with E-state index in [1.54, 1.807) is 6.07 Å². The van der Waals surface area contributed by atoms with Crippen LogP contribution in [0.25, 0.3) is 0 Å². The van der Waals surface area contributed by atoms with Crippen molar-refractivity contribution < 1.29 is 10.0 Å². The van der Waals surface area contributed by atoms with E-state index >= 15 is 0 Å². The zero-order chi connectivity index (χ0) is 16.4. The van der Waals surface area contributed by atoms with Gasteiger partial charge in [-0.3, -0.25) is 5.21 Å². The maximum atomic E-state index is 11.1. The lowest BCUT2D eigenvalue weighted by Crippen LogP contribution is -2.33. The summed E-state index contributed by atoms with van der Waals surface area (Å²) in [4.78, 5) is 13.4. The quantitative estimate of drug-likeness (QED) is 0.645. The number of nitrogens with zero attached hydrogens (tertiary/aromatic N) is 2. The molecule has 0 bridgehead atoms. The molecule has 0 spiro atoms. The van der Waals surface area contributed by atoms with Gasteiger partial charge in [0, 0.05) is 23.8 Å². The van der Waals surface area contributed by atoms with Crippen LogP contribution in [0.15, 0.2) is 42.5 Å². The Hall–Kier alpha value is -2.24. The molecule has 3 rings (SSSR count). The largest absolute Gasteiger partial charge is 0.367 e. The van der Waals surface area contributed by atoms with Gasteiger partial charge in [0.2, 0.25) is 0 Å². The van der Waals surface area contributed by atoms with Crippen molar-refractivity contribution in [3.63, 3.8) is 0 Å². The number of hydroxylamine groups is 1. The minimum atomic E-state index is -0.890. The number of primary amides is 1. The molecule has 2 amide bonds. The Bertz CT molecular complexity index is 719. The molecule has 0 atom stereocenters. The third-order valence-electron chi connectivity index (χ3n) is 4.02. The second-order valence-electron chi connectivity index (χ2n) is 5.61. The zero-order valence-electron chi connectivity index (χ0n) is 12.6. The fourth-order valence-corrected chi connectivity index (χ4v) is 3.02. The predicted octanol–water partition coefficient (Wildman–Crippen LogP) is 4.20. The first-order valence-electron chi connectivity index (χ1n) is 7.45. The average molecular weight is 348 g/mol. The van der Waals surface area contributed by atoms with Crippen molar-refractivity contribution >= 4 is 29.0 Å². The number of hydrogen-bond acceptors (Lipinski definition) is 3. The first-order chi connectivity index (χ1) is 11.0. The molecular weight excluding hydrogens is 326 g/mol. The number of amides is 2. The molecule has 2 aromatic carbocycles. The molecule has 5 nitrogen and oxygen atoms in total. The number of rotatable bonds is 3. The van der Waals surface area contributed by atoms with E-state index in [-0.39, 0.29) is 7.43 Å². The number of anilines is 2. The van der Waals surface area contributed by atoms with Crippen molar-refractivity contribution in [2.75, 3.05) is 16.5 Å². The molecule has 24 heavy (non-hydrogen) atoms. The van der Waals surface area contributed by atoms with Crippen molar-refractivity contribution in [2.45, 2.75) is 26.8 Å². The van der Waals surface area contributed by atoms with Crippen LogP contribution in [0.1, 0.15) is 25.0 Å². The molecule has 128 valence electrons. The van der Waals surface area contributed by atoms with Gasteiger partial charge in [-0.1, -0.05) is 31.2 Å². The monoisotopic (exact) mass is 347 g/mol. The van der Waals surface area contributed by atoms with Crippen LogP contribution < -0.4 is 15.7 Å². The van der Waals surface area contributed by atoms with Crippen molar-refractivity contribution in [3.05, 3.63) is 58.6 Å². The van der Waals surface area contributed by atoms with Gasteiger partial charge in [-0.15, -0.1) is 0 Å². The van der Waals surface area contributed by atoms with E-state index < -0.39 is 6.03 Å². The number of carbonyl (C=O) groups is 1. The second-order valence-corrected chi connectivity index (χ2v) is 6.05. The van der Waals surface area contributed by atoms with Crippen LogP contribution >= 0.6 is 11.6 Å². The van der Waals surface area contributed by atoms with Gasteiger partial charge in [0.25, 0.3) is 0 Å². The van der Waals surface area contributed by atoms with E-state index in [0.717, 1.165) is 42.2 Å². The molecule has 0 unspecified atom stereocenters. The van der Waals surface area contributed by atoms with Gasteiger partial charge >= 0.3 is 6.03 Å². The minimum Gasteiger partial charge on any atom is -0.367 e. The van der Waals surface area contributed by atoms with Gasteiger partial charge in [-0.05, 0) is 54.3 Å². The summed E-state index contributed by atoms with van der Waals surface area (Å²) in [6.45, 7) is 1.76. The van der Waals surface area contributed by atoms with Gasteiger partial charge in [0.1, 0.15) is 0 Å². The van der Waals surface area contributed by atoms with E-state index in [9.17, 15) is 10.0 Å². The topological polar surface area (TPSA) is 69.8 Å². The lowest BCUT2D eigenvalue weighted by atomic mass is 10.00. The predicted molar refractivity (Wildman–Crippen MR) is 97.8 cm³/mol. The van der Waals surface area contributed by atoms with Crippen LogP contribution in [0.3, 0.4) is 0 Å². The summed E-state index contributed by atoms with van der Waals surface area (Å²) in [6, 6.07) is 12.4. The Morgan fingerprint density at radius 3 is 2.62 bits per heavy atom. The molecule has 1 heterocycles. The Kier molecular flexibility index (Phi) is 5.70. The smallest absolute Gasteiger partial charge is 0.343 e. The van der Waals surface area contributed by atoms with Crippen LogP contribution in [0.4, 0.5) is 16.2 Å². The zero-order valence-corrected chi connectivity index (χ0v) is 13.3. The number of fused-ring (bicyclic) bond motifs is 1. The lowest BCUT2D eigenvalue weighted by Gasteiger charge is -2.32. The molecule has 0 aromatic heterocycles. The van der Waals surface area contributed by atoms with Crippen LogP contribution in [0.5, 0.6) is 0 Å². The lowest BCUT2D eigenvalue weighted by molar-refractivity contribution is 0.212. The van der Waals surface area contributed by atoms with E-state index in [0.29, 0.717) is 10.8 Å². The van der Waals surface area contributed by atoms with E-state index in [4.69, 9.17) is 17.3 Å². The first-order valence-corrected chi connectivity index (χ1v) is 7.83. The summed E-state index contributed by atoms with van der Waals surface area (Å²) < 4.78 is 0. The molecular formula is C18H22ClN3O2. The summed E-state index contributed by atoms with van der Waals surface area (Å²) in [5, 5.41) is 10.9. The van der Waals surface area contributed by atoms with Gasteiger partial charge < -0.3 is 10.6 Å². The van der Waals surface area contributed by atoms with E-state index in [1.807, 2.05) is 36.4 Å². The summed E-state index contributed by atoms with van der Waals surface area (Å²) >= 11 is 5.93. The molecule has 0 aliphatic carbocycles. The highest BCUT2D eigenvalue weighted by Crippen LogP contribution is 2.31. The average Bonchev–Trinajstić information content (AvgIpc) is 2.56. The van der Waals surface area contributed by atoms with Gasteiger partial charge in [-0.2, -0.15) is 5.06 Å². The van der Waals surface area contributed by atoms with E-state index in [1.165, 1.54) is 5.56 Å². The normalized spacial score (nSPS) is 13.0. The maximum Gasteiger partial charge on any atom is 0.343 e. The molecule has 3 N–H and O–H groups in total. The highest BCUT2D eigenvalue weighted by molar-refractivity contribution is 6.30. The first kappa shape index (κ1) is 18.1. The molecule has 0 radical (unpaired) electrons. The second kappa shape index (κ2) is 7.55. The number of aryl methyl sites for hydroxylation is 1. The van der Waals surface area contributed by atoms with Crippen molar-refractivity contribution in [1.29, 1.82) is 0 Å². The van der Waals surface area contributed by atoms with Crippen LogP contribution in [-0.4, -0.2) is 17.8 Å². The number of nitrogens with two attached hydrogens (primary N) is 1. The minimum absolute atomic E-state index is 0. The Balaban J connectivity index is 0.00000208. The Morgan fingerprint density at radius 2 is 1.96 bits per heavy atom. The highest BCUT2D eigenvalue weighted by atomic mass is 35.5. The SMILES string of the molecule is C.NC(=O)N(O)c1ccc2c(c1)CCCN2Cc1ccc(Cl)cc1.